The van der Waals surface area contributed by atoms with Gasteiger partial charge in [-0.05, 0) is 43.7 Å². The number of hydrogen-bond acceptors (Lipinski definition) is 5. The molecular formula is C24H35N3O4. The minimum absolute atomic E-state index is 0.0397. The van der Waals surface area contributed by atoms with Gasteiger partial charge in [-0.15, -0.1) is 0 Å². The molecule has 0 spiro atoms. The third kappa shape index (κ3) is 4.81. The first-order chi connectivity index (χ1) is 15.1. The maximum absolute atomic E-state index is 13.4. The highest BCUT2D eigenvalue weighted by atomic mass is 16.5. The van der Waals surface area contributed by atoms with Crippen LogP contribution in [-0.4, -0.2) is 68.1 Å². The number of carbonyl (C=O) groups is 2. The smallest absolute Gasteiger partial charge is 0.242 e. The summed E-state index contributed by atoms with van der Waals surface area (Å²) in [7, 11) is 3.19. The van der Waals surface area contributed by atoms with Gasteiger partial charge in [0.25, 0.3) is 0 Å². The van der Waals surface area contributed by atoms with Crippen molar-refractivity contribution in [1.29, 1.82) is 0 Å². The van der Waals surface area contributed by atoms with Gasteiger partial charge in [0.05, 0.1) is 20.3 Å². The zero-order chi connectivity index (χ0) is 21.8. The Hall–Kier alpha value is -2.28. The molecule has 2 saturated carbocycles. The van der Waals surface area contributed by atoms with E-state index < -0.39 is 0 Å². The number of nitrogens with one attached hydrogen (secondary N) is 1. The summed E-state index contributed by atoms with van der Waals surface area (Å²) in [6.45, 7) is 2.97. The van der Waals surface area contributed by atoms with Crippen molar-refractivity contribution in [3.8, 4) is 11.5 Å². The SMILES string of the molecule is COc1ccc(NC(=O)C(C2CCCC2)N2CCN(C(=O)C3CCC3)CC2)cc1OC. The van der Waals surface area contributed by atoms with E-state index in [1.807, 2.05) is 17.0 Å². The van der Waals surface area contributed by atoms with E-state index >= 15 is 0 Å². The molecule has 170 valence electrons. The predicted molar refractivity (Wildman–Crippen MR) is 119 cm³/mol. The number of carbonyl (C=O) groups excluding carboxylic acids is 2. The molecule has 31 heavy (non-hydrogen) atoms. The van der Waals surface area contributed by atoms with Crippen molar-refractivity contribution in [2.75, 3.05) is 45.7 Å². The van der Waals surface area contributed by atoms with Gasteiger partial charge in [-0.25, -0.2) is 0 Å². The van der Waals surface area contributed by atoms with Crippen LogP contribution in [0, 0.1) is 11.8 Å². The fourth-order valence-corrected chi connectivity index (χ4v) is 5.22. The van der Waals surface area contributed by atoms with Crippen LogP contribution in [0.2, 0.25) is 0 Å². The third-order valence-corrected chi connectivity index (χ3v) is 7.24. The zero-order valence-electron chi connectivity index (χ0n) is 18.8. The Bertz CT molecular complexity index is 781. The van der Waals surface area contributed by atoms with Gasteiger partial charge in [0.2, 0.25) is 11.8 Å². The average molecular weight is 430 g/mol. The molecule has 0 aromatic heterocycles. The number of anilines is 1. The van der Waals surface area contributed by atoms with E-state index in [2.05, 4.69) is 10.2 Å². The summed E-state index contributed by atoms with van der Waals surface area (Å²) < 4.78 is 10.7. The van der Waals surface area contributed by atoms with Gasteiger partial charge < -0.3 is 19.7 Å². The molecule has 1 aromatic carbocycles. The Morgan fingerprint density at radius 1 is 0.935 bits per heavy atom. The van der Waals surface area contributed by atoms with Crippen molar-refractivity contribution >= 4 is 17.5 Å². The molecule has 7 nitrogen and oxygen atoms in total. The molecule has 0 bridgehead atoms. The van der Waals surface area contributed by atoms with E-state index in [-0.39, 0.29) is 17.9 Å². The first-order valence-electron chi connectivity index (χ1n) is 11.7. The van der Waals surface area contributed by atoms with Gasteiger partial charge in [0.15, 0.2) is 11.5 Å². The quantitative estimate of drug-likeness (QED) is 0.721. The van der Waals surface area contributed by atoms with Crippen molar-refractivity contribution < 1.29 is 19.1 Å². The minimum Gasteiger partial charge on any atom is -0.493 e. The van der Waals surface area contributed by atoms with Crippen molar-refractivity contribution in [2.24, 2.45) is 11.8 Å². The Morgan fingerprint density at radius 2 is 1.61 bits per heavy atom. The van der Waals surface area contributed by atoms with E-state index in [4.69, 9.17) is 9.47 Å². The number of amides is 2. The van der Waals surface area contributed by atoms with Gasteiger partial charge in [-0.1, -0.05) is 19.3 Å². The molecule has 2 aliphatic carbocycles. The maximum Gasteiger partial charge on any atom is 0.242 e. The number of rotatable bonds is 7. The molecule has 4 rings (SSSR count). The first kappa shape index (κ1) is 21.9. The van der Waals surface area contributed by atoms with Crippen LogP contribution in [0.1, 0.15) is 44.9 Å². The normalized spacial score (nSPS) is 21.4. The molecule has 3 aliphatic rings. The third-order valence-electron chi connectivity index (χ3n) is 7.24. The Morgan fingerprint density at radius 3 is 2.19 bits per heavy atom. The zero-order valence-corrected chi connectivity index (χ0v) is 18.8. The predicted octanol–water partition coefficient (Wildman–Crippen LogP) is 3.15. The Balaban J connectivity index is 1.43. The van der Waals surface area contributed by atoms with Crippen LogP contribution in [0.5, 0.6) is 11.5 Å². The summed E-state index contributed by atoms with van der Waals surface area (Å²) in [4.78, 5) is 30.3. The second-order valence-corrected chi connectivity index (χ2v) is 9.04. The molecule has 1 unspecified atom stereocenters. The molecule has 1 aliphatic heterocycles. The van der Waals surface area contributed by atoms with Gasteiger partial charge in [0, 0.05) is 43.9 Å². The molecule has 7 heteroatoms. The topological polar surface area (TPSA) is 71.1 Å². The van der Waals surface area contributed by atoms with Crippen LogP contribution in [0.15, 0.2) is 18.2 Å². The van der Waals surface area contributed by atoms with Crippen LogP contribution in [0.4, 0.5) is 5.69 Å². The number of hydrogen-bond donors (Lipinski definition) is 1. The molecule has 0 radical (unpaired) electrons. The number of nitrogens with zero attached hydrogens (tertiary/aromatic N) is 2. The molecular weight excluding hydrogens is 394 g/mol. The summed E-state index contributed by atoms with van der Waals surface area (Å²) in [5.74, 6) is 2.21. The van der Waals surface area contributed by atoms with Crippen molar-refractivity contribution in [1.82, 2.24) is 9.80 Å². The Labute approximate surface area is 185 Å². The van der Waals surface area contributed by atoms with Crippen LogP contribution in [0.25, 0.3) is 0 Å². The van der Waals surface area contributed by atoms with E-state index in [1.165, 1.54) is 19.3 Å². The highest BCUT2D eigenvalue weighted by molar-refractivity contribution is 5.95. The summed E-state index contributed by atoms with van der Waals surface area (Å²) in [6, 6.07) is 5.30. The largest absolute Gasteiger partial charge is 0.493 e. The fourth-order valence-electron chi connectivity index (χ4n) is 5.22. The highest BCUT2D eigenvalue weighted by Gasteiger charge is 2.38. The minimum atomic E-state index is -0.156. The van der Waals surface area contributed by atoms with Gasteiger partial charge in [-0.2, -0.15) is 0 Å². The average Bonchev–Trinajstić information content (AvgIpc) is 3.27. The second kappa shape index (κ2) is 9.90. The van der Waals surface area contributed by atoms with E-state index in [9.17, 15) is 9.59 Å². The second-order valence-electron chi connectivity index (χ2n) is 9.04. The molecule has 3 fully saturated rings. The molecule has 1 atom stereocenters. The Kier molecular flexibility index (Phi) is 7.00. The van der Waals surface area contributed by atoms with Crippen molar-refractivity contribution in [3.05, 3.63) is 18.2 Å². The van der Waals surface area contributed by atoms with Crippen molar-refractivity contribution in [3.63, 3.8) is 0 Å². The molecule has 1 aromatic rings. The van der Waals surface area contributed by atoms with Gasteiger partial charge >= 0.3 is 0 Å². The van der Waals surface area contributed by atoms with E-state index in [1.54, 1.807) is 20.3 Å². The number of piperazine rings is 1. The summed E-state index contributed by atoms with van der Waals surface area (Å²) in [5.41, 5.74) is 0.712. The summed E-state index contributed by atoms with van der Waals surface area (Å²) in [5, 5.41) is 3.12. The standard InChI is InChI=1S/C24H35N3O4/c1-30-20-11-10-19(16-21(20)31-2)25-23(28)22(17-6-3-4-7-17)26-12-14-27(15-13-26)24(29)18-8-5-9-18/h10-11,16-18,22H,3-9,12-15H2,1-2H3,(H,25,28). The lowest BCUT2D eigenvalue weighted by Gasteiger charge is -2.42. The number of ether oxygens (including phenoxy) is 2. The summed E-state index contributed by atoms with van der Waals surface area (Å²) in [6.07, 6.45) is 7.80. The lowest BCUT2D eigenvalue weighted by Crippen LogP contribution is -2.57. The lowest BCUT2D eigenvalue weighted by atomic mass is 9.84. The van der Waals surface area contributed by atoms with Crippen LogP contribution in [0.3, 0.4) is 0 Å². The lowest BCUT2D eigenvalue weighted by molar-refractivity contribution is -0.140. The van der Waals surface area contributed by atoms with Crippen molar-refractivity contribution in [2.45, 2.75) is 51.0 Å². The van der Waals surface area contributed by atoms with Crippen LogP contribution < -0.4 is 14.8 Å². The maximum atomic E-state index is 13.4. The van der Waals surface area contributed by atoms with E-state index in [0.29, 0.717) is 29.0 Å². The molecule has 2 amide bonds. The van der Waals surface area contributed by atoms with Gasteiger partial charge in [-0.3, -0.25) is 14.5 Å². The highest BCUT2D eigenvalue weighted by Crippen LogP contribution is 2.34. The molecule has 1 saturated heterocycles. The monoisotopic (exact) mass is 429 g/mol. The van der Waals surface area contributed by atoms with Gasteiger partial charge in [0.1, 0.15) is 0 Å². The fraction of sp³-hybridized carbons (Fsp3) is 0.667. The molecule has 1 heterocycles. The number of benzene rings is 1. The van der Waals surface area contributed by atoms with Crippen LogP contribution in [-0.2, 0) is 9.59 Å². The number of methoxy groups -OCH3 is 2. The van der Waals surface area contributed by atoms with Crippen LogP contribution >= 0.6 is 0 Å². The van der Waals surface area contributed by atoms with E-state index in [0.717, 1.165) is 51.9 Å². The summed E-state index contributed by atoms with van der Waals surface area (Å²) >= 11 is 0. The first-order valence-corrected chi connectivity index (χ1v) is 11.7. The molecule has 1 N–H and O–H groups in total.